The highest BCUT2D eigenvalue weighted by Gasteiger charge is 2.17. The zero-order chi connectivity index (χ0) is 15.8. The minimum atomic E-state index is -0.583. The summed E-state index contributed by atoms with van der Waals surface area (Å²) in [5, 5.41) is 8.24. The van der Waals surface area contributed by atoms with Crippen LogP contribution in [0.3, 0.4) is 0 Å². The summed E-state index contributed by atoms with van der Waals surface area (Å²) in [7, 11) is 0. The van der Waals surface area contributed by atoms with Crippen LogP contribution in [0.4, 0.5) is 10.5 Å². The first-order valence-corrected chi connectivity index (χ1v) is 8.21. The maximum absolute atomic E-state index is 11.9. The number of hydrogen-bond acceptors (Lipinski definition) is 3. The van der Waals surface area contributed by atoms with Gasteiger partial charge in [-0.2, -0.15) is 0 Å². The number of nitrogens with one attached hydrogen (secondary N) is 3. The van der Waals surface area contributed by atoms with E-state index in [1.165, 1.54) is 0 Å². The molecule has 1 rings (SSSR count). The number of carbonyl (C=O) groups excluding carboxylic acids is 2. The molecule has 0 unspecified atom stereocenters. The summed E-state index contributed by atoms with van der Waals surface area (Å²) in [5.41, 5.74) is 0.733. The normalized spacial score (nSPS) is 13.1. The minimum Gasteiger partial charge on any atom is -0.352 e. The summed E-state index contributed by atoms with van der Waals surface area (Å²) in [4.78, 5) is 24.8. The van der Waals surface area contributed by atoms with E-state index in [1.807, 2.05) is 44.4 Å². The van der Waals surface area contributed by atoms with Crippen molar-refractivity contribution >= 4 is 29.4 Å². The first-order chi connectivity index (χ1) is 9.97. The van der Waals surface area contributed by atoms with E-state index in [0.29, 0.717) is 0 Å². The number of carbonyl (C=O) groups is 2. The number of anilines is 1. The molecule has 3 amide bonds. The highest BCUT2D eigenvalue weighted by molar-refractivity contribution is 7.98. The van der Waals surface area contributed by atoms with Crippen molar-refractivity contribution in [3.8, 4) is 0 Å². The Labute approximate surface area is 130 Å². The van der Waals surface area contributed by atoms with Crippen LogP contribution < -0.4 is 16.0 Å². The molecule has 1 aromatic rings. The zero-order valence-corrected chi connectivity index (χ0v) is 13.7. The molecule has 0 aliphatic carbocycles. The third-order valence-electron chi connectivity index (χ3n) is 3.10. The number of urea groups is 1. The Morgan fingerprint density at radius 3 is 2.48 bits per heavy atom. The van der Waals surface area contributed by atoms with Crippen molar-refractivity contribution in [1.29, 1.82) is 0 Å². The van der Waals surface area contributed by atoms with Crippen LogP contribution in [0.1, 0.15) is 27.2 Å². The van der Waals surface area contributed by atoms with Crippen molar-refractivity contribution in [2.75, 3.05) is 11.6 Å². The van der Waals surface area contributed by atoms with Crippen LogP contribution in [-0.2, 0) is 4.79 Å². The molecule has 6 heteroatoms. The standard InChI is InChI=1S/C15H23N3O2S/c1-5-10(2)16-14(19)11(3)17-15(20)18-12-8-6-7-9-13(12)21-4/h6-11H,5H2,1-4H3,(H,16,19)(H2,17,18,20)/t10-,11+/m1/s1. The first-order valence-electron chi connectivity index (χ1n) is 6.98. The van der Waals surface area contributed by atoms with Crippen molar-refractivity contribution in [2.45, 2.75) is 44.2 Å². The fourth-order valence-electron chi connectivity index (χ4n) is 1.64. The molecule has 0 saturated carbocycles. The first kappa shape index (κ1) is 17.4. The van der Waals surface area contributed by atoms with Crippen LogP contribution in [0.15, 0.2) is 29.2 Å². The molecular weight excluding hydrogens is 286 g/mol. The molecule has 0 aliphatic heterocycles. The Balaban J connectivity index is 2.55. The van der Waals surface area contributed by atoms with Crippen molar-refractivity contribution in [2.24, 2.45) is 0 Å². The average molecular weight is 309 g/mol. The summed E-state index contributed by atoms with van der Waals surface area (Å²) in [6.07, 6.45) is 2.80. The second-order valence-electron chi connectivity index (χ2n) is 4.84. The van der Waals surface area contributed by atoms with E-state index in [1.54, 1.807) is 18.7 Å². The SMILES string of the molecule is CC[C@@H](C)NC(=O)[C@H](C)NC(=O)Nc1ccccc1SC. The van der Waals surface area contributed by atoms with E-state index >= 15 is 0 Å². The number of para-hydroxylation sites is 1. The van der Waals surface area contributed by atoms with Gasteiger partial charge in [0.1, 0.15) is 6.04 Å². The van der Waals surface area contributed by atoms with Gasteiger partial charge in [-0.1, -0.05) is 19.1 Å². The van der Waals surface area contributed by atoms with Crippen molar-refractivity contribution in [1.82, 2.24) is 10.6 Å². The van der Waals surface area contributed by atoms with E-state index in [4.69, 9.17) is 0 Å². The number of hydrogen-bond donors (Lipinski definition) is 3. The Hall–Kier alpha value is -1.69. The van der Waals surface area contributed by atoms with Gasteiger partial charge < -0.3 is 16.0 Å². The van der Waals surface area contributed by atoms with Crippen LogP contribution in [-0.4, -0.2) is 30.3 Å². The number of benzene rings is 1. The Morgan fingerprint density at radius 2 is 1.86 bits per heavy atom. The summed E-state index contributed by atoms with van der Waals surface area (Å²) in [5.74, 6) is -0.183. The highest BCUT2D eigenvalue weighted by Crippen LogP contribution is 2.24. The molecule has 0 radical (unpaired) electrons. The van der Waals surface area contributed by atoms with Gasteiger partial charge in [0, 0.05) is 10.9 Å². The summed E-state index contributed by atoms with van der Waals surface area (Å²) in [6, 6.07) is 6.66. The zero-order valence-electron chi connectivity index (χ0n) is 12.9. The molecule has 0 aliphatic rings. The van der Waals surface area contributed by atoms with E-state index in [2.05, 4.69) is 16.0 Å². The van der Waals surface area contributed by atoms with Gasteiger partial charge in [-0.05, 0) is 38.7 Å². The Kier molecular flexibility index (Phi) is 7.08. The van der Waals surface area contributed by atoms with Crippen LogP contribution in [0.5, 0.6) is 0 Å². The second-order valence-corrected chi connectivity index (χ2v) is 5.69. The fraction of sp³-hybridized carbons (Fsp3) is 0.467. The van der Waals surface area contributed by atoms with Crippen LogP contribution in [0, 0.1) is 0 Å². The molecule has 0 aromatic heterocycles. The number of rotatable bonds is 6. The summed E-state index contributed by atoms with van der Waals surface area (Å²) < 4.78 is 0. The van der Waals surface area contributed by atoms with Crippen molar-refractivity contribution in [3.63, 3.8) is 0 Å². The van der Waals surface area contributed by atoms with Gasteiger partial charge in [0.25, 0.3) is 0 Å². The lowest BCUT2D eigenvalue weighted by molar-refractivity contribution is -0.123. The van der Waals surface area contributed by atoms with Gasteiger partial charge in [-0.25, -0.2) is 4.79 Å². The number of amides is 3. The lowest BCUT2D eigenvalue weighted by Gasteiger charge is -2.18. The van der Waals surface area contributed by atoms with E-state index < -0.39 is 6.04 Å². The largest absolute Gasteiger partial charge is 0.352 e. The molecule has 5 nitrogen and oxygen atoms in total. The molecule has 2 atom stereocenters. The molecule has 0 spiro atoms. The monoisotopic (exact) mass is 309 g/mol. The average Bonchev–Trinajstić information content (AvgIpc) is 2.47. The minimum absolute atomic E-state index is 0.0991. The van der Waals surface area contributed by atoms with Gasteiger partial charge in [0.2, 0.25) is 5.91 Å². The van der Waals surface area contributed by atoms with Gasteiger partial charge >= 0.3 is 6.03 Å². The maximum atomic E-state index is 11.9. The topological polar surface area (TPSA) is 70.2 Å². The predicted octanol–water partition coefficient (Wildman–Crippen LogP) is 2.83. The smallest absolute Gasteiger partial charge is 0.319 e. The molecule has 1 aromatic carbocycles. The molecular formula is C15H23N3O2S. The van der Waals surface area contributed by atoms with Crippen molar-refractivity contribution in [3.05, 3.63) is 24.3 Å². The fourth-order valence-corrected chi connectivity index (χ4v) is 2.19. The van der Waals surface area contributed by atoms with Crippen LogP contribution in [0.25, 0.3) is 0 Å². The quantitative estimate of drug-likeness (QED) is 0.708. The van der Waals surface area contributed by atoms with Gasteiger partial charge in [-0.3, -0.25) is 4.79 Å². The molecule has 21 heavy (non-hydrogen) atoms. The lowest BCUT2D eigenvalue weighted by atomic mass is 10.2. The summed E-state index contributed by atoms with van der Waals surface area (Å²) >= 11 is 1.55. The molecule has 0 heterocycles. The van der Waals surface area contributed by atoms with Crippen molar-refractivity contribution < 1.29 is 9.59 Å². The van der Waals surface area contributed by atoms with Crippen LogP contribution >= 0.6 is 11.8 Å². The lowest BCUT2D eigenvalue weighted by Crippen LogP contribution is -2.48. The van der Waals surface area contributed by atoms with Gasteiger partial charge in [0.05, 0.1) is 5.69 Å². The van der Waals surface area contributed by atoms with E-state index in [9.17, 15) is 9.59 Å². The van der Waals surface area contributed by atoms with Gasteiger partial charge in [0.15, 0.2) is 0 Å². The molecule has 0 bridgehead atoms. The van der Waals surface area contributed by atoms with Gasteiger partial charge in [-0.15, -0.1) is 11.8 Å². The molecule has 0 fully saturated rings. The maximum Gasteiger partial charge on any atom is 0.319 e. The Bertz CT molecular complexity index is 494. The van der Waals surface area contributed by atoms with E-state index in [0.717, 1.165) is 17.0 Å². The third kappa shape index (κ3) is 5.67. The van der Waals surface area contributed by atoms with Crippen LogP contribution in [0.2, 0.25) is 0 Å². The number of thioether (sulfide) groups is 1. The molecule has 0 saturated heterocycles. The molecule has 116 valence electrons. The third-order valence-corrected chi connectivity index (χ3v) is 3.89. The summed E-state index contributed by atoms with van der Waals surface area (Å²) in [6.45, 7) is 5.59. The van der Waals surface area contributed by atoms with E-state index in [-0.39, 0.29) is 18.0 Å². The Morgan fingerprint density at radius 1 is 1.19 bits per heavy atom. The predicted molar refractivity (Wildman–Crippen MR) is 87.7 cm³/mol. The highest BCUT2D eigenvalue weighted by atomic mass is 32.2. The molecule has 3 N–H and O–H groups in total. The second kappa shape index (κ2) is 8.56.